The molecule has 0 radical (unpaired) electrons. The minimum Gasteiger partial charge on any atom is -0.575 e. The quantitative estimate of drug-likeness (QED) is 0.727. The fraction of sp³-hybridized carbons (Fsp3) is 0.833. The standard InChI is InChI=1S/C18H27NO4/c1-17(2)22-15(20)14(16(21)23-17)18(19-10-6-3-7-11-19)12-8-4-5-9-13(12)18/h12-13,20H,3-11H2,1-2H3/p-1/t12-,13+,18?. The fourth-order valence-electron chi connectivity index (χ4n) is 5.33. The lowest BCUT2D eigenvalue weighted by atomic mass is 9.95. The van der Waals surface area contributed by atoms with Crippen molar-refractivity contribution in [1.29, 1.82) is 0 Å². The van der Waals surface area contributed by atoms with Crippen molar-refractivity contribution in [2.75, 3.05) is 13.1 Å². The Morgan fingerprint density at radius 2 is 1.61 bits per heavy atom. The number of fused-ring (bicyclic) bond motifs is 1. The third kappa shape index (κ3) is 2.19. The minimum atomic E-state index is -1.15. The van der Waals surface area contributed by atoms with Crippen LogP contribution in [0.3, 0.4) is 0 Å². The molecule has 0 aromatic rings. The molecule has 3 atom stereocenters. The Morgan fingerprint density at radius 3 is 2.17 bits per heavy atom. The summed E-state index contributed by atoms with van der Waals surface area (Å²) in [6, 6.07) is 0. The molecule has 0 aromatic carbocycles. The number of cyclic esters (lactones) is 1. The number of likely N-dealkylation sites (tertiary alicyclic amines) is 1. The maximum Gasteiger partial charge on any atom is 0.339 e. The Hall–Kier alpha value is -1.23. The molecule has 128 valence electrons. The molecule has 2 aliphatic heterocycles. The van der Waals surface area contributed by atoms with Crippen molar-refractivity contribution in [1.82, 2.24) is 4.90 Å². The highest BCUT2D eigenvalue weighted by atomic mass is 16.8. The van der Waals surface area contributed by atoms with Gasteiger partial charge in [-0.2, -0.15) is 0 Å². The van der Waals surface area contributed by atoms with E-state index in [0.717, 1.165) is 38.8 Å². The molecule has 2 aliphatic carbocycles. The van der Waals surface area contributed by atoms with Crippen molar-refractivity contribution in [3.05, 3.63) is 11.5 Å². The van der Waals surface area contributed by atoms with Crippen LogP contribution in [0.25, 0.3) is 0 Å². The van der Waals surface area contributed by atoms with Crippen molar-refractivity contribution in [2.45, 2.75) is 70.1 Å². The highest BCUT2D eigenvalue weighted by Crippen LogP contribution is 2.66. The first kappa shape index (κ1) is 15.3. The van der Waals surface area contributed by atoms with Crippen molar-refractivity contribution >= 4 is 5.97 Å². The second-order valence-electron chi connectivity index (χ2n) is 7.92. The normalized spacial score (nSPS) is 40.2. The van der Waals surface area contributed by atoms with Gasteiger partial charge in [0.15, 0.2) is 5.79 Å². The van der Waals surface area contributed by atoms with Gasteiger partial charge in [-0.15, -0.1) is 0 Å². The van der Waals surface area contributed by atoms with E-state index in [-0.39, 0.29) is 5.57 Å². The van der Waals surface area contributed by atoms with E-state index in [1.165, 1.54) is 19.3 Å². The summed E-state index contributed by atoms with van der Waals surface area (Å²) in [6.07, 6.45) is 8.12. The maximum atomic E-state index is 12.7. The zero-order valence-corrected chi connectivity index (χ0v) is 14.1. The summed E-state index contributed by atoms with van der Waals surface area (Å²) in [7, 11) is 0. The van der Waals surface area contributed by atoms with Crippen LogP contribution in [-0.2, 0) is 14.3 Å². The Balaban J connectivity index is 1.76. The van der Waals surface area contributed by atoms with E-state index in [1.807, 2.05) is 0 Å². The first-order chi connectivity index (χ1) is 11.0. The van der Waals surface area contributed by atoms with Gasteiger partial charge in [0.05, 0.1) is 17.1 Å². The molecular formula is C18H26NO4-. The average Bonchev–Trinajstić information content (AvgIpc) is 3.16. The second kappa shape index (κ2) is 5.13. The number of hydrogen-bond donors (Lipinski definition) is 0. The SMILES string of the molecule is CC1(C)OC(=O)C(C2(N3CCCCC3)[C@@H]3CCCC[C@@H]32)=C([O-])O1. The minimum absolute atomic E-state index is 0.288. The van der Waals surface area contributed by atoms with Crippen LogP contribution in [0.4, 0.5) is 0 Å². The van der Waals surface area contributed by atoms with Crippen LogP contribution in [-0.4, -0.2) is 35.3 Å². The van der Waals surface area contributed by atoms with Gasteiger partial charge in [-0.25, -0.2) is 4.79 Å². The molecule has 4 aliphatic rings. The van der Waals surface area contributed by atoms with Gasteiger partial charge in [0, 0.05) is 0 Å². The molecule has 0 spiro atoms. The van der Waals surface area contributed by atoms with Gasteiger partial charge in [-0.05, 0) is 64.5 Å². The summed E-state index contributed by atoms with van der Waals surface area (Å²) in [5.74, 6) is -1.21. The Labute approximate surface area is 137 Å². The van der Waals surface area contributed by atoms with Gasteiger partial charge in [0.2, 0.25) is 0 Å². The van der Waals surface area contributed by atoms with E-state index < -0.39 is 23.2 Å². The maximum absolute atomic E-state index is 12.7. The van der Waals surface area contributed by atoms with Gasteiger partial charge < -0.3 is 14.6 Å². The molecule has 3 fully saturated rings. The monoisotopic (exact) mass is 320 g/mol. The molecule has 0 N–H and O–H groups in total. The summed E-state index contributed by atoms with van der Waals surface area (Å²) in [5.41, 5.74) is -0.114. The lowest BCUT2D eigenvalue weighted by molar-refractivity contribution is -0.395. The number of piperidine rings is 1. The first-order valence-corrected chi connectivity index (χ1v) is 9.06. The number of rotatable bonds is 2. The number of carbonyl (C=O) groups excluding carboxylic acids is 1. The topological polar surface area (TPSA) is 61.8 Å². The summed E-state index contributed by atoms with van der Waals surface area (Å²) >= 11 is 0. The van der Waals surface area contributed by atoms with Crippen LogP contribution in [0.1, 0.15) is 58.8 Å². The number of carbonyl (C=O) groups is 1. The van der Waals surface area contributed by atoms with E-state index in [0.29, 0.717) is 11.8 Å². The molecule has 2 saturated carbocycles. The van der Waals surface area contributed by atoms with Gasteiger partial charge >= 0.3 is 5.97 Å². The van der Waals surface area contributed by atoms with Gasteiger partial charge in [-0.3, -0.25) is 4.90 Å². The summed E-state index contributed by atoms with van der Waals surface area (Å²) in [4.78, 5) is 15.1. The second-order valence-corrected chi connectivity index (χ2v) is 7.92. The molecule has 1 unspecified atom stereocenters. The molecule has 5 heteroatoms. The van der Waals surface area contributed by atoms with Gasteiger partial charge in [0.1, 0.15) is 0 Å². The Morgan fingerprint density at radius 1 is 1.00 bits per heavy atom. The van der Waals surface area contributed by atoms with Crippen LogP contribution in [0, 0.1) is 11.8 Å². The molecule has 23 heavy (non-hydrogen) atoms. The van der Waals surface area contributed by atoms with Crippen molar-refractivity contribution in [3.8, 4) is 0 Å². The first-order valence-electron chi connectivity index (χ1n) is 9.06. The van der Waals surface area contributed by atoms with Crippen LogP contribution in [0.2, 0.25) is 0 Å². The van der Waals surface area contributed by atoms with E-state index in [4.69, 9.17) is 9.47 Å². The smallest absolute Gasteiger partial charge is 0.339 e. The van der Waals surface area contributed by atoms with E-state index >= 15 is 0 Å². The fourth-order valence-corrected chi connectivity index (χ4v) is 5.33. The molecule has 0 aromatic heterocycles. The van der Waals surface area contributed by atoms with E-state index in [1.54, 1.807) is 13.8 Å². The molecule has 1 saturated heterocycles. The lowest BCUT2D eigenvalue weighted by Gasteiger charge is -2.45. The highest BCUT2D eigenvalue weighted by Gasteiger charge is 2.71. The van der Waals surface area contributed by atoms with Gasteiger partial charge in [-0.1, -0.05) is 19.3 Å². The Bertz CT molecular complexity index is 535. The molecule has 0 bridgehead atoms. The summed E-state index contributed by atoms with van der Waals surface area (Å²) in [6.45, 7) is 5.18. The zero-order valence-electron chi connectivity index (χ0n) is 14.1. The average molecular weight is 320 g/mol. The van der Waals surface area contributed by atoms with Crippen LogP contribution < -0.4 is 5.11 Å². The largest absolute Gasteiger partial charge is 0.575 e. The van der Waals surface area contributed by atoms with Crippen molar-refractivity contribution in [3.63, 3.8) is 0 Å². The predicted octanol–water partition coefficient (Wildman–Crippen LogP) is 1.91. The summed E-state index contributed by atoms with van der Waals surface area (Å²) < 4.78 is 10.9. The van der Waals surface area contributed by atoms with Crippen molar-refractivity contribution < 1.29 is 19.4 Å². The number of ether oxygens (including phenoxy) is 2. The molecule has 2 heterocycles. The number of nitrogens with zero attached hydrogens (tertiary/aromatic N) is 1. The molecule has 4 rings (SSSR count). The molecular weight excluding hydrogens is 294 g/mol. The predicted molar refractivity (Wildman–Crippen MR) is 81.9 cm³/mol. The van der Waals surface area contributed by atoms with Crippen LogP contribution >= 0.6 is 0 Å². The van der Waals surface area contributed by atoms with Gasteiger partial charge in [0.25, 0.3) is 0 Å². The van der Waals surface area contributed by atoms with Crippen LogP contribution in [0.15, 0.2) is 11.5 Å². The zero-order chi connectivity index (χ0) is 16.2. The Kier molecular flexibility index (Phi) is 3.42. The van der Waals surface area contributed by atoms with Crippen LogP contribution in [0.5, 0.6) is 0 Å². The molecule has 5 nitrogen and oxygen atoms in total. The van der Waals surface area contributed by atoms with E-state index in [2.05, 4.69) is 4.90 Å². The lowest BCUT2D eigenvalue weighted by Crippen LogP contribution is -2.52. The summed E-state index contributed by atoms with van der Waals surface area (Å²) in [5, 5.41) is 12.7. The third-order valence-corrected chi connectivity index (χ3v) is 6.15. The number of hydrogen-bond acceptors (Lipinski definition) is 5. The molecule has 0 amide bonds. The van der Waals surface area contributed by atoms with E-state index in [9.17, 15) is 9.90 Å². The highest BCUT2D eigenvalue weighted by molar-refractivity contribution is 5.93. The van der Waals surface area contributed by atoms with Crippen molar-refractivity contribution in [2.24, 2.45) is 11.8 Å². The third-order valence-electron chi connectivity index (χ3n) is 6.15. The number of esters is 1.